The molecule has 1 fully saturated rings. The van der Waals surface area contributed by atoms with Gasteiger partial charge in [-0.3, -0.25) is 9.59 Å². The summed E-state index contributed by atoms with van der Waals surface area (Å²) in [6.45, 7) is 0.967. The van der Waals surface area contributed by atoms with Crippen molar-refractivity contribution in [3.63, 3.8) is 0 Å². The minimum Gasteiger partial charge on any atom is -0.495 e. The Balaban J connectivity index is 1.51. The summed E-state index contributed by atoms with van der Waals surface area (Å²) in [5.74, 6) is 1.00. The van der Waals surface area contributed by atoms with Gasteiger partial charge in [-0.25, -0.2) is 0 Å². The second-order valence-corrected chi connectivity index (χ2v) is 7.20. The summed E-state index contributed by atoms with van der Waals surface area (Å²) < 4.78 is 5.33. The van der Waals surface area contributed by atoms with E-state index in [9.17, 15) is 9.59 Å². The molecule has 0 bridgehead atoms. The topological polar surface area (TPSA) is 58.6 Å². The average Bonchev–Trinajstić information content (AvgIpc) is 3.07. The van der Waals surface area contributed by atoms with Crippen molar-refractivity contribution < 1.29 is 14.3 Å². The summed E-state index contributed by atoms with van der Waals surface area (Å²) in [6, 6.07) is 17.5. The molecular formula is C20H22N2O3S. The Morgan fingerprint density at radius 1 is 1.19 bits per heavy atom. The molecule has 3 rings (SSSR count). The van der Waals surface area contributed by atoms with Gasteiger partial charge < -0.3 is 15.0 Å². The second-order valence-electron chi connectivity index (χ2n) is 6.03. The Labute approximate surface area is 157 Å². The number of methoxy groups -OCH3 is 1. The maximum absolute atomic E-state index is 12.4. The molecule has 136 valence electrons. The van der Waals surface area contributed by atoms with Crippen LogP contribution in [0.25, 0.3) is 0 Å². The van der Waals surface area contributed by atoms with E-state index in [0.717, 1.165) is 11.4 Å². The van der Waals surface area contributed by atoms with Crippen LogP contribution >= 0.6 is 11.8 Å². The Bertz CT molecular complexity index is 767. The van der Waals surface area contributed by atoms with E-state index >= 15 is 0 Å². The van der Waals surface area contributed by atoms with Crippen LogP contribution in [0.1, 0.15) is 6.42 Å². The van der Waals surface area contributed by atoms with Gasteiger partial charge in [0, 0.05) is 30.2 Å². The number of para-hydroxylation sites is 2. The van der Waals surface area contributed by atoms with Crippen LogP contribution < -0.4 is 15.0 Å². The predicted molar refractivity (Wildman–Crippen MR) is 104 cm³/mol. The number of thioether (sulfide) groups is 1. The minimum absolute atomic E-state index is 0.0479. The van der Waals surface area contributed by atoms with Crippen LogP contribution in [0, 0.1) is 5.92 Å². The standard InChI is InChI=1S/C20H22N2O3S/c1-25-18-10-6-5-9-17(18)22-14-15(13-19(22)23)20(24)21-11-12-26-16-7-3-2-4-8-16/h2-10,15H,11-14H2,1H3,(H,21,24). The van der Waals surface area contributed by atoms with Gasteiger partial charge in [0.05, 0.1) is 18.7 Å². The zero-order valence-corrected chi connectivity index (χ0v) is 15.5. The highest BCUT2D eigenvalue weighted by molar-refractivity contribution is 7.99. The van der Waals surface area contributed by atoms with Gasteiger partial charge >= 0.3 is 0 Å². The van der Waals surface area contributed by atoms with Crippen molar-refractivity contribution in [3.8, 4) is 5.75 Å². The Kier molecular flexibility index (Phi) is 6.17. The summed E-state index contributed by atoms with van der Waals surface area (Å²) >= 11 is 1.70. The van der Waals surface area contributed by atoms with Crippen LogP contribution in [0.5, 0.6) is 5.75 Å². The number of nitrogens with zero attached hydrogens (tertiary/aromatic N) is 1. The molecule has 0 aromatic heterocycles. The molecule has 0 spiro atoms. The molecule has 1 heterocycles. The van der Waals surface area contributed by atoms with Crippen LogP contribution in [0.2, 0.25) is 0 Å². The summed E-state index contributed by atoms with van der Waals surface area (Å²) in [4.78, 5) is 27.6. The first-order chi connectivity index (χ1) is 12.7. The van der Waals surface area contributed by atoms with Gasteiger partial charge in [-0.1, -0.05) is 30.3 Å². The van der Waals surface area contributed by atoms with Gasteiger partial charge in [-0.15, -0.1) is 11.8 Å². The molecule has 1 aliphatic heterocycles. The molecule has 0 radical (unpaired) electrons. The van der Waals surface area contributed by atoms with Crippen molar-refractivity contribution in [3.05, 3.63) is 54.6 Å². The second kappa shape index (κ2) is 8.76. The number of hydrogen-bond acceptors (Lipinski definition) is 4. The van der Waals surface area contributed by atoms with E-state index in [1.165, 1.54) is 4.90 Å². The molecule has 2 amide bonds. The number of ether oxygens (including phenoxy) is 1. The number of nitrogens with one attached hydrogen (secondary N) is 1. The monoisotopic (exact) mass is 370 g/mol. The number of anilines is 1. The first kappa shape index (κ1) is 18.3. The van der Waals surface area contributed by atoms with Gasteiger partial charge in [0.25, 0.3) is 0 Å². The first-order valence-corrected chi connectivity index (χ1v) is 9.56. The number of rotatable bonds is 7. The minimum atomic E-state index is -0.325. The van der Waals surface area contributed by atoms with E-state index < -0.39 is 0 Å². The van der Waals surface area contributed by atoms with Gasteiger partial charge in [0.15, 0.2) is 0 Å². The fourth-order valence-corrected chi connectivity index (χ4v) is 3.76. The summed E-state index contributed by atoms with van der Waals surface area (Å²) in [7, 11) is 1.58. The fraction of sp³-hybridized carbons (Fsp3) is 0.300. The summed E-state index contributed by atoms with van der Waals surface area (Å²) in [5, 5.41) is 2.95. The van der Waals surface area contributed by atoms with E-state index in [1.807, 2.05) is 54.6 Å². The van der Waals surface area contributed by atoms with E-state index in [-0.39, 0.29) is 24.2 Å². The molecule has 6 heteroatoms. The van der Waals surface area contributed by atoms with Crippen molar-refractivity contribution in [1.82, 2.24) is 5.32 Å². The van der Waals surface area contributed by atoms with Gasteiger partial charge in [-0.05, 0) is 24.3 Å². The van der Waals surface area contributed by atoms with Crippen LogP contribution in [0.15, 0.2) is 59.5 Å². The van der Waals surface area contributed by atoms with Crippen molar-refractivity contribution in [1.29, 1.82) is 0 Å². The molecule has 0 aliphatic carbocycles. The van der Waals surface area contributed by atoms with E-state index in [0.29, 0.717) is 18.8 Å². The SMILES string of the molecule is COc1ccccc1N1CC(C(=O)NCCSc2ccccc2)CC1=O. The smallest absolute Gasteiger partial charge is 0.227 e. The number of hydrogen-bond donors (Lipinski definition) is 1. The zero-order chi connectivity index (χ0) is 18.4. The van der Waals surface area contributed by atoms with E-state index in [1.54, 1.807) is 23.8 Å². The molecule has 0 saturated carbocycles. The summed E-state index contributed by atoms with van der Waals surface area (Å²) in [5.41, 5.74) is 0.718. The van der Waals surface area contributed by atoms with Crippen LogP contribution in [-0.4, -0.2) is 37.8 Å². The summed E-state index contributed by atoms with van der Waals surface area (Å²) in [6.07, 6.45) is 0.232. The molecule has 5 nitrogen and oxygen atoms in total. The molecule has 1 atom stereocenters. The van der Waals surface area contributed by atoms with Crippen molar-refractivity contribution in [2.45, 2.75) is 11.3 Å². The van der Waals surface area contributed by atoms with Gasteiger partial charge in [0.2, 0.25) is 11.8 Å². The van der Waals surface area contributed by atoms with Crippen LogP contribution in [0.3, 0.4) is 0 Å². The molecule has 26 heavy (non-hydrogen) atoms. The molecule has 1 unspecified atom stereocenters. The highest BCUT2D eigenvalue weighted by Crippen LogP contribution is 2.32. The molecule has 2 aromatic rings. The number of benzene rings is 2. The molecule has 2 aromatic carbocycles. The van der Waals surface area contributed by atoms with Gasteiger partial charge in [-0.2, -0.15) is 0 Å². The van der Waals surface area contributed by atoms with Crippen molar-refractivity contribution >= 4 is 29.3 Å². The number of carbonyl (C=O) groups is 2. The lowest BCUT2D eigenvalue weighted by Gasteiger charge is -2.19. The normalized spacial score (nSPS) is 16.6. The lowest BCUT2D eigenvalue weighted by atomic mass is 10.1. The lowest BCUT2D eigenvalue weighted by Crippen LogP contribution is -2.34. The zero-order valence-electron chi connectivity index (χ0n) is 14.7. The Morgan fingerprint density at radius 2 is 1.92 bits per heavy atom. The lowest BCUT2D eigenvalue weighted by molar-refractivity contribution is -0.126. The highest BCUT2D eigenvalue weighted by atomic mass is 32.2. The maximum Gasteiger partial charge on any atom is 0.227 e. The highest BCUT2D eigenvalue weighted by Gasteiger charge is 2.36. The van der Waals surface area contributed by atoms with Gasteiger partial charge in [0.1, 0.15) is 5.75 Å². The molecule has 1 N–H and O–H groups in total. The number of amides is 2. The van der Waals surface area contributed by atoms with E-state index in [2.05, 4.69) is 5.32 Å². The van der Waals surface area contributed by atoms with Crippen molar-refractivity contribution in [2.24, 2.45) is 5.92 Å². The third-order valence-electron chi connectivity index (χ3n) is 4.29. The Hall–Kier alpha value is -2.47. The third kappa shape index (κ3) is 4.38. The fourth-order valence-electron chi connectivity index (χ4n) is 2.97. The molecular weight excluding hydrogens is 348 g/mol. The quantitative estimate of drug-likeness (QED) is 0.601. The van der Waals surface area contributed by atoms with Crippen molar-refractivity contribution in [2.75, 3.05) is 30.9 Å². The third-order valence-corrected chi connectivity index (χ3v) is 5.30. The predicted octanol–water partition coefficient (Wildman–Crippen LogP) is 2.96. The Morgan fingerprint density at radius 3 is 2.69 bits per heavy atom. The average molecular weight is 370 g/mol. The number of carbonyl (C=O) groups excluding carboxylic acids is 2. The molecule has 1 saturated heterocycles. The van der Waals surface area contributed by atoms with E-state index in [4.69, 9.17) is 4.74 Å². The molecule has 1 aliphatic rings. The van der Waals surface area contributed by atoms with Crippen LogP contribution in [-0.2, 0) is 9.59 Å². The first-order valence-electron chi connectivity index (χ1n) is 8.58. The maximum atomic E-state index is 12.4. The van der Waals surface area contributed by atoms with Crippen LogP contribution in [0.4, 0.5) is 5.69 Å². The largest absolute Gasteiger partial charge is 0.495 e.